The molecule has 0 spiro atoms. The molecule has 1 aromatic heterocycles. The van der Waals surface area contributed by atoms with Crippen molar-refractivity contribution in [2.24, 2.45) is 0 Å². The molecule has 6 nitrogen and oxygen atoms in total. The van der Waals surface area contributed by atoms with Crippen molar-refractivity contribution in [1.29, 1.82) is 0 Å². The van der Waals surface area contributed by atoms with Crippen LogP contribution in [0.3, 0.4) is 0 Å². The molecule has 0 aliphatic carbocycles. The van der Waals surface area contributed by atoms with Gasteiger partial charge in [-0.3, -0.25) is 18.7 Å². The molecule has 0 fully saturated rings. The molecule has 4 aromatic rings. The van der Waals surface area contributed by atoms with E-state index in [1.54, 1.807) is 0 Å². The third-order valence-electron chi connectivity index (χ3n) is 5.72. The van der Waals surface area contributed by atoms with Gasteiger partial charge in [0, 0.05) is 24.7 Å². The molecule has 0 radical (unpaired) electrons. The van der Waals surface area contributed by atoms with Gasteiger partial charge in [0.2, 0.25) is 0 Å². The molecular formula is C27H22ClFN2O4. The third-order valence-corrected chi connectivity index (χ3v) is 6.10. The van der Waals surface area contributed by atoms with E-state index in [2.05, 4.69) is 0 Å². The highest BCUT2D eigenvalue weighted by molar-refractivity contribution is 6.33. The largest absolute Gasteiger partial charge is 0.481 e. The molecule has 178 valence electrons. The number of benzene rings is 3. The van der Waals surface area contributed by atoms with Crippen molar-refractivity contribution in [3.05, 3.63) is 128 Å². The Balaban J connectivity index is 2.01. The Hall–Kier alpha value is -3.97. The number of rotatable bonds is 8. The predicted octanol–water partition coefficient (Wildman–Crippen LogP) is 4.97. The smallest absolute Gasteiger partial charge is 0.331 e. The normalized spacial score (nSPS) is 11.1. The van der Waals surface area contributed by atoms with Gasteiger partial charge in [-0.05, 0) is 23.6 Å². The lowest BCUT2D eigenvalue weighted by Crippen LogP contribution is -2.42. The van der Waals surface area contributed by atoms with Crippen molar-refractivity contribution >= 4 is 17.6 Å². The summed E-state index contributed by atoms with van der Waals surface area (Å²) in [6.07, 6.45) is 1.27. The van der Waals surface area contributed by atoms with Gasteiger partial charge < -0.3 is 5.11 Å². The second-order valence-electron chi connectivity index (χ2n) is 8.01. The number of hydrogen-bond donors (Lipinski definition) is 1. The summed E-state index contributed by atoms with van der Waals surface area (Å²) >= 11 is 6.22. The fourth-order valence-corrected chi connectivity index (χ4v) is 4.30. The topological polar surface area (TPSA) is 81.3 Å². The average molecular weight is 493 g/mol. The van der Waals surface area contributed by atoms with Gasteiger partial charge in [-0.15, -0.1) is 0 Å². The second kappa shape index (κ2) is 10.5. The highest BCUT2D eigenvalue weighted by Crippen LogP contribution is 2.30. The molecular weight excluding hydrogens is 471 g/mol. The van der Waals surface area contributed by atoms with Crippen LogP contribution in [-0.4, -0.2) is 20.2 Å². The number of aliphatic carboxylic acids is 1. The number of carboxylic acids is 1. The van der Waals surface area contributed by atoms with Crippen LogP contribution in [0.25, 0.3) is 11.1 Å². The van der Waals surface area contributed by atoms with Gasteiger partial charge in [0.15, 0.2) is 0 Å². The highest BCUT2D eigenvalue weighted by Gasteiger charge is 2.23. The Labute approximate surface area is 205 Å². The summed E-state index contributed by atoms with van der Waals surface area (Å²) in [5.74, 6) is -1.73. The number of halogens is 2. The van der Waals surface area contributed by atoms with Crippen molar-refractivity contribution in [1.82, 2.24) is 9.13 Å². The molecule has 0 aliphatic rings. The van der Waals surface area contributed by atoms with Crippen LogP contribution in [0, 0.1) is 5.82 Å². The van der Waals surface area contributed by atoms with Crippen molar-refractivity contribution in [3.8, 4) is 11.1 Å². The van der Waals surface area contributed by atoms with Gasteiger partial charge in [0.1, 0.15) is 5.82 Å². The minimum absolute atomic E-state index is 0.0429. The second-order valence-corrected chi connectivity index (χ2v) is 8.39. The van der Waals surface area contributed by atoms with Gasteiger partial charge in [-0.25, -0.2) is 9.18 Å². The van der Waals surface area contributed by atoms with E-state index in [-0.39, 0.29) is 35.5 Å². The SMILES string of the molecule is O=C(O)CCCn1c(=O)c(-c2cccc(F)c2Cl)cn(C(c2ccccc2)c2ccccc2)c1=O. The maximum Gasteiger partial charge on any atom is 0.331 e. The fourth-order valence-electron chi connectivity index (χ4n) is 4.07. The summed E-state index contributed by atoms with van der Waals surface area (Å²) in [4.78, 5) is 38.1. The van der Waals surface area contributed by atoms with E-state index in [4.69, 9.17) is 16.7 Å². The van der Waals surface area contributed by atoms with Crippen LogP contribution in [0.1, 0.15) is 30.0 Å². The molecule has 8 heteroatoms. The summed E-state index contributed by atoms with van der Waals surface area (Å²) in [7, 11) is 0. The Morgan fingerprint density at radius 3 is 2.06 bits per heavy atom. The molecule has 0 aliphatic heterocycles. The van der Waals surface area contributed by atoms with Crippen LogP contribution >= 0.6 is 11.6 Å². The first-order valence-corrected chi connectivity index (χ1v) is 11.4. The zero-order valence-electron chi connectivity index (χ0n) is 18.6. The number of nitrogens with zero attached hydrogens (tertiary/aromatic N) is 2. The molecule has 3 aromatic carbocycles. The zero-order chi connectivity index (χ0) is 24.9. The van der Waals surface area contributed by atoms with Crippen molar-refractivity contribution in [3.63, 3.8) is 0 Å². The summed E-state index contributed by atoms with van der Waals surface area (Å²) in [6, 6.07) is 22.2. The molecule has 0 amide bonds. The predicted molar refractivity (Wildman–Crippen MR) is 132 cm³/mol. The first-order valence-electron chi connectivity index (χ1n) is 11.0. The molecule has 0 atom stereocenters. The van der Waals surface area contributed by atoms with Crippen molar-refractivity contribution < 1.29 is 14.3 Å². The van der Waals surface area contributed by atoms with Gasteiger partial charge in [0.25, 0.3) is 5.56 Å². The van der Waals surface area contributed by atoms with Gasteiger partial charge in [-0.2, -0.15) is 0 Å². The first kappa shape index (κ1) is 24.2. The lowest BCUT2D eigenvalue weighted by Gasteiger charge is -2.23. The summed E-state index contributed by atoms with van der Waals surface area (Å²) in [6.45, 7) is -0.110. The summed E-state index contributed by atoms with van der Waals surface area (Å²) in [5.41, 5.74) is 0.526. The van der Waals surface area contributed by atoms with Crippen LogP contribution in [0.5, 0.6) is 0 Å². The van der Waals surface area contributed by atoms with Gasteiger partial charge >= 0.3 is 11.7 Å². The third kappa shape index (κ3) is 5.10. The minimum Gasteiger partial charge on any atom is -0.481 e. The molecule has 0 unspecified atom stereocenters. The Bertz CT molecular complexity index is 1430. The summed E-state index contributed by atoms with van der Waals surface area (Å²) < 4.78 is 16.7. The molecule has 1 heterocycles. The van der Waals surface area contributed by atoms with E-state index < -0.39 is 29.1 Å². The highest BCUT2D eigenvalue weighted by atomic mass is 35.5. The number of aromatic nitrogens is 2. The van der Waals surface area contributed by atoms with E-state index >= 15 is 0 Å². The fraction of sp³-hybridized carbons (Fsp3) is 0.148. The quantitative estimate of drug-likeness (QED) is 0.376. The van der Waals surface area contributed by atoms with Crippen LogP contribution in [0.15, 0.2) is 94.6 Å². The molecule has 0 bridgehead atoms. The maximum absolute atomic E-state index is 14.3. The zero-order valence-corrected chi connectivity index (χ0v) is 19.4. The molecule has 0 saturated heterocycles. The molecule has 35 heavy (non-hydrogen) atoms. The van der Waals surface area contributed by atoms with Crippen LogP contribution < -0.4 is 11.2 Å². The maximum atomic E-state index is 14.3. The van der Waals surface area contributed by atoms with E-state index in [9.17, 15) is 18.8 Å². The minimum atomic E-state index is -1.03. The van der Waals surface area contributed by atoms with E-state index in [1.165, 1.54) is 29.0 Å². The first-order chi connectivity index (χ1) is 16.9. The van der Waals surface area contributed by atoms with Gasteiger partial charge in [-0.1, -0.05) is 84.4 Å². The number of carboxylic acid groups (broad SMARTS) is 1. The molecule has 1 N–H and O–H groups in total. The number of carbonyl (C=O) groups is 1. The Morgan fingerprint density at radius 1 is 0.886 bits per heavy atom. The average Bonchev–Trinajstić information content (AvgIpc) is 2.86. The van der Waals surface area contributed by atoms with Crippen LogP contribution in [-0.2, 0) is 11.3 Å². The molecule has 0 saturated carbocycles. The summed E-state index contributed by atoms with van der Waals surface area (Å²) in [5, 5.41) is 8.81. The van der Waals surface area contributed by atoms with E-state index in [0.717, 1.165) is 15.7 Å². The standard InChI is InChI=1S/C27H22ClFN2O4/c28-24-20(13-7-14-22(24)29)21-17-31(27(35)30(26(21)34)16-8-15-23(32)33)25(18-9-3-1-4-10-18)19-11-5-2-6-12-19/h1-7,9-14,17,25H,8,15-16H2,(H,32,33). The molecule has 4 rings (SSSR count). The lowest BCUT2D eigenvalue weighted by atomic mass is 9.98. The van der Waals surface area contributed by atoms with Crippen molar-refractivity contribution in [2.75, 3.05) is 0 Å². The van der Waals surface area contributed by atoms with Crippen LogP contribution in [0.2, 0.25) is 5.02 Å². The Kier molecular flexibility index (Phi) is 7.27. The Morgan fingerprint density at radius 2 is 1.49 bits per heavy atom. The monoisotopic (exact) mass is 492 g/mol. The van der Waals surface area contributed by atoms with E-state index in [1.807, 2.05) is 60.7 Å². The van der Waals surface area contributed by atoms with Crippen molar-refractivity contribution in [2.45, 2.75) is 25.4 Å². The van der Waals surface area contributed by atoms with Gasteiger partial charge in [0.05, 0.1) is 16.6 Å². The van der Waals surface area contributed by atoms with E-state index in [0.29, 0.717) is 0 Å². The lowest BCUT2D eigenvalue weighted by molar-refractivity contribution is -0.137. The number of hydrogen-bond acceptors (Lipinski definition) is 3. The van der Waals surface area contributed by atoms with Crippen LogP contribution in [0.4, 0.5) is 4.39 Å².